The Morgan fingerprint density at radius 1 is 1.12 bits per heavy atom. The molecule has 0 aliphatic heterocycles. The van der Waals surface area contributed by atoms with E-state index < -0.39 is 5.91 Å². The molecule has 121 valence electrons. The lowest BCUT2D eigenvalue weighted by Crippen LogP contribution is -2.23. The molecule has 0 unspecified atom stereocenters. The number of carbonyl (C=O) groups is 1. The van der Waals surface area contributed by atoms with E-state index >= 15 is 0 Å². The van der Waals surface area contributed by atoms with Gasteiger partial charge >= 0.3 is 0 Å². The van der Waals surface area contributed by atoms with Crippen LogP contribution in [0.5, 0.6) is 5.75 Å². The van der Waals surface area contributed by atoms with Gasteiger partial charge in [0.1, 0.15) is 12.4 Å². The van der Waals surface area contributed by atoms with E-state index in [2.05, 4.69) is 10.1 Å². The van der Waals surface area contributed by atoms with Crippen LogP contribution in [0.25, 0.3) is 0 Å². The van der Waals surface area contributed by atoms with Crippen LogP contribution in [0.4, 0.5) is 0 Å². The van der Waals surface area contributed by atoms with Gasteiger partial charge in [0.15, 0.2) is 11.7 Å². The Morgan fingerprint density at radius 3 is 2.42 bits per heavy atom. The average molecular weight is 322 g/mol. The van der Waals surface area contributed by atoms with Gasteiger partial charge in [-0.25, -0.2) is 0 Å². The summed E-state index contributed by atoms with van der Waals surface area (Å²) in [5, 5.41) is 3.69. The molecule has 0 atom stereocenters. The fraction of sp³-hybridized carbons (Fsp3) is 0.111. The molecular formula is C18H16N3O3. The molecule has 2 aromatic carbocycles. The van der Waals surface area contributed by atoms with Crippen molar-refractivity contribution in [3.05, 3.63) is 83.4 Å². The number of benzene rings is 2. The van der Waals surface area contributed by atoms with E-state index in [0.717, 1.165) is 5.56 Å². The van der Waals surface area contributed by atoms with E-state index in [1.807, 2.05) is 30.3 Å². The van der Waals surface area contributed by atoms with Crippen molar-refractivity contribution < 1.29 is 14.1 Å². The molecule has 3 rings (SSSR count). The summed E-state index contributed by atoms with van der Waals surface area (Å²) in [6.45, 7) is 2.14. The maximum absolute atomic E-state index is 11.7. The van der Waals surface area contributed by atoms with Crippen LogP contribution in [0.2, 0.25) is 0 Å². The molecule has 1 aromatic heterocycles. The number of hydrogen-bond acceptors (Lipinski definition) is 5. The topological polar surface area (TPSA) is 91.2 Å². The van der Waals surface area contributed by atoms with Gasteiger partial charge in [0, 0.05) is 0 Å². The SMILES string of the molecule is Cc1noc([C](C(N)=O)c2ccc(OCc3ccccc3)cc2)n1. The predicted octanol–water partition coefficient (Wildman–Crippen LogP) is 2.41. The third kappa shape index (κ3) is 3.60. The number of aromatic nitrogens is 2. The summed E-state index contributed by atoms with van der Waals surface area (Å²) in [4.78, 5) is 15.8. The second-order valence-electron chi connectivity index (χ2n) is 5.18. The molecule has 1 heterocycles. The molecule has 6 nitrogen and oxygen atoms in total. The van der Waals surface area contributed by atoms with E-state index in [4.69, 9.17) is 15.0 Å². The number of nitrogens with two attached hydrogens (primary N) is 1. The van der Waals surface area contributed by atoms with Crippen LogP contribution in [0.15, 0.2) is 59.1 Å². The van der Waals surface area contributed by atoms with E-state index in [-0.39, 0.29) is 11.8 Å². The quantitative estimate of drug-likeness (QED) is 0.752. The highest BCUT2D eigenvalue weighted by Gasteiger charge is 2.27. The van der Waals surface area contributed by atoms with Crippen molar-refractivity contribution >= 4 is 5.91 Å². The van der Waals surface area contributed by atoms with Crippen molar-refractivity contribution in [3.8, 4) is 5.75 Å². The Hall–Kier alpha value is -3.15. The molecule has 0 fully saturated rings. The van der Waals surface area contributed by atoms with Crippen molar-refractivity contribution in [2.45, 2.75) is 13.5 Å². The maximum atomic E-state index is 11.7. The summed E-state index contributed by atoms with van der Waals surface area (Å²) < 4.78 is 10.8. The van der Waals surface area contributed by atoms with Gasteiger partial charge in [-0.15, -0.1) is 0 Å². The fourth-order valence-corrected chi connectivity index (χ4v) is 2.23. The first-order valence-corrected chi connectivity index (χ1v) is 7.38. The molecule has 0 saturated carbocycles. The van der Waals surface area contributed by atoms with Crippen molar-refractivity contribution in [1.29, 1.82) is 0 Å². The highest BCUT2D eigenvalue weighted by Crippen LogP contribution is 2.24. The van der Waals surface area contributed by atoms with Gasteiger partial charge in [-0.3, -0.25) is 4.79 Å². The highest BCUT2D eigenvalue weighted by molar-refractivity contribution is 5.96. The summed E-state index contributed by atoms with van der Waals surface area (Å²) in [7, 11) is 0. The number of nitrogens with zero attached hydrogens (tertiary/aromatic N) is 2. The minimum absolute atomic E-state index is 0.109. The third-order valence-corrected chi connectivity index (χ3v) is 3.38. The lowest BCUT2D eigenvalue weighted by molar-refractivity contribution is -0.115. The number of rotatable bonds is 6. The molecule has 2 N–H and O–H groups in total. The van der Waals surface area contributed by atoms with Crippen LogP contribution in [0.1, 0.15) is 22.8 Å². The zero-order chi connectivity index (χ0) is 16.9. The first kappa shape index (κ1) is 15.7. The lowest BCUT2D eigenvalue weighted by atomic mass is 9.98. The zero-order valence-electron chi connectivity index (χ0n) is 13.1. The van der Waals surface area contributed by atoms with Gasteiger partial charge in [0.25, 0.3) is 0 Å². The number of ether oxygens (including phenoxy) is 1. The summed E-state index contributed by atoms with van der Waals surface area (Å²) >= 11 is 0. The van der Waals surface area contributed by atoms with Crippen LogP contribution in [0, 0.1) is 12.8 Å². The number of aryl methyl sites for hydroxylation is 1. The molecule has 1 amide bonds. The molecule has 24 heavy (non-hydrogen) atoms. The molecule has 1 radical (unpaired) electrons. The second-order valence-corrected chi connectivity index (χ2v) is 5.18. The molecule has 0 aliphatic carbocycles. The van der Waals surface area contributed by atoms with Crippen molar-refractivity contribution in [1.82, 2.24) is 10.1 Å². The minimum Gasteiger partial charge on any atom is -0.489 e. The second kappa shape index (κ2) is 6.95. The number of carbonyl (C=O) groups excluding carboxylic acids is 1. The minimum atomic E-state index is -0.628. The van der Waals surface area contributed by atoms with E-state index in [9.17, 15) is 4.79 Å². The molecular weight excluding hydrogens is 306 g/mol. The van der Waals surface area contributed by atoms with E-state index in [1.165, 1.54) is 0 Å². The smallest absolute Gasteiger partial charge is 0.248 e. The van der Waals surface area contributed by atoms with Crippen molar-refractivity contribution in [3.63, 3.8) is 0 Å². The largest absolute Gasteiger partial charge is 0.489 e. The number of primary amides is 1. The molecule has 0 saturated heterocycles. The highest BCUT2D eigenvalue weighted by atomic mass is 16.5. The summed E-state index contributed by atoms with van der Waals surface area (Å²) in [6.07, 6.45) is 0. The molecule has 0 bridgehead atoms. The van der Waals surface area contributed by atoms with Gasteiger partial charge in [-0.2, -0.15) is 4.98 Å². The molecule has 6 heteroatoms. The number of amides is 1. The Balaban J connectivity index is 1.74. The molecule has 0 spiro atoms. The van der Waals surface area contributed by atoms with Gasteiger partial charge in [0.05, 0.1) is 0 Å². The van der Waals surface area contributed by atoms with Crippen LogP contribution in [0.3, 0.4) is 0 Å². The first-order valence-electron chi connectivity index (χ1n) is 7.38. The Morgan fingerprint density at radius 2 is 1.83 bits per heavy atom. The monoisotopic (exact) mass is 322 g/mol. The Bertz CT molecular complexity index is 813. The van der Waals surface area contributed by atoms with E-state index in [1.54, 1.807) is 31.2 Å². The van der Waals surface area contributed by atoms with Gasteiger partial charge in [-0.05, 0) is 30.2 Å². The summed E-state index contributed by atoms with van der Waals surface area (Å²) in [5.41, 5.74) is 7.12. The fourth-order valence-electron chi connectivity index (χ4n) is 2.23. The Kier molecular flexibility index (Phi) is 4.56. The van der Waals surface area contributed by atoms with Gasteiger partial charge in [-0.1, -0.05) is 47.6 Å². The summed E-state index contributed by atoms with van der Waals surface area (Å²) in [6, 6.07) is 16.9. The van der Waals surface area contributed by atoms with Gasteiger partial charge in [0.2, 0.25) is 11.8 Å². The summed E-state index contributed by atoms with van der Waals surface area (Å²) in [5.74, 6) is 0.791. The Labute approximate surface area is 139 Å². The van der Waals surface area contributed by atoms with Crippen LogP contribution in [-0.2, 0) is 11.4 Å². The molecule has 0 aliphatic rings. The maximum Gasteiger partial charge on any atom is 0.248 e. The number of hydrogen-bond donors (Lipinski definition) is 1. The first-order chi connectivity index (χ1) is 11.6. The van der Waals surface area contributed by atoms with E-state index in [0.29, 0.717) is 23.7 Å². The zero-order valence-corrected chi connectivity index (χ0v) is 13.1. The van der Waals surface area contributed by atoms with Crippen LogP contribution >= 0.6 is 0 Å². The van der Waals surface area contributed by atoms with Crippen molar-refractivity contribution in [2.24, 2.45) is 5.73 Å². The normalized spacial score (nSPS) is 10.8. The van der Waals surface area contributed by atoms with Gasteiger partial charge < -0.3 is 15.0 Å². The standard InChI is InChI=1S/C18H16N3O3/c1-12-20-18(24-21-12)16(17(19)22)14-7-9-15(10-8-14)23-11-13-5-3-2-4-6-13/h2-10H,11H2,1H3,(H2,19,22). The third-order valence-electron chi connectivity index (χ3n) is 3.38. The van der Waals surface area contributed by atoms with Crippen molar-refractivity contribution in [2.75, 3.05) is 0 Å². The predicted molar refractivity (Wildman–Crippen MR) is 86.9 cm³/mol. The molecule has 3 aromatic rings. The van der Waals surface area contributed by atoms with Crippen LogP contribution in [-0.4, -0.2) is 16.0 Å². The average Bonchev–Trinajstić information content (AvgIpc) is 3.01. The van der Waals surface area contributed by atoms with Crippen LogP contribution < -0.4 is 10.5 Å². The lowest BCUT2D eigenvalue weighted by Gasteiger charge is -2.10.